The van der Waals surface area contributed by atoms with Crippen molar-refractivity contribution in [1.82, 2.24) is 15.0 Å². The van der Waals surface area contributed by atoms with Crippen LogP contribution in [-0.4, -0.2) is 20.8 Å². The molecule has 0 saturated heterocycles. The van der Waals surface area contributed by atoms with Gasteiger partial charge in [-0.2, -0.15) is 0 Å². The number of aryl methyl sites for hydroxylation is 1. The van der Waals surface area contributed by atoms with Crippen LogP contribution in [0.5, 0.6) is 0 Å². The highest BCUT2D eigenvalue weighted by atomic mass is 32.2. The lowest BCUT2D eigenvalue weighted by Gasteiger charge is -2.10. The second-order valence-electron chi connectivity index (χ2n) is 4.52. The van der Waals surface area contributed by atoms with Crippen LogP contribution in [0.15, 0.2) is 52.9 Å². The Balaban J connectivity index is 2.12. The molecule has 5 nitrogen and oxygen atoms in total. The summed E-state index contributed by atoms with van der Waals surface area (Å²) >= 11 is 1.40. The van der Waals surface area contributed by atoms with Gasteiger partial charge in [-0.05, 0) is 36.4 Å². The van der Waals surface area contributed by atoms with Gasteiger partial charge in [0, 0.05) is 11.6 Å². The molecular weight excluding hydrogens is 282 g/mol. The molecule has 104 valence electrons. The van der Waals surface area contributed by atoms with Crippen LogP contribution < -0.4 is 5.73 Å². The molecule has 3 rings (SSSR count). The Kier molecular flexibility index (Phi) is 3.53. The number of nitrogens with zero attached hydrogens (tertiary/aromatic N) is 3. The normalized spacial score (nSPS) is 10.7. The average molecular weight is 295 g/mol. The minimum Gasteiger partial charge on any atom is -0.384 e. The third-order valence-electron chi connectivity index (χ3n) is 3.09. The quantitative estimate of drug-likeness (QED) is 0.440. The number of fused-ring (bicyclic) bond motifs is 1. The molecule has 0 radical (unpaired) electrons. The van der Waals surface area contributed by atoms with E-state index in [0.29, 0.717) is 10.6 Å². The van der Waals surface area contributed by atoms with E-state index in [1.165, 1.54) is 18.1 Å². The molecule has 6 heteroatoms. The Bertz CT molecular complexity index is 826. The van der Waals surface area contributed by atoms with Crippen molar-refractivity contribution in [3.8, 4) is 0 Å². The maximum atomic E-state index is 7.74. The zero-order valence-electron chi connectivity index (χ0n) is 11.4. The van der Waals surface area contributed by atoms with Crippen molar-refractivity contribution >= 4 is 28.5 Å². The molecule has 2 aromatic heterocycles. The second-order valence-corrected chi connectivity index (χ2v) is 5.50. The monoisotopic (exact) mass is 295 g/mol. The van der Waals surface area contributed by atoms with Gasteiger partial charge in [-0.25, -0.2) is 15.0 Å². The smallest absolute Gasteiger partial charge is 0.125 e. The molecule has 3 N–H and O–H groups in total. The third-order valence-corrected chi connectivity index (χ3v) is 4.12. The highest BCUT2D eigenvalue weighted by Crippen LogP contribution is 2.32. The Labute approximate surface area is 126 Å². The maximum Gasteiger partial charge on any atom is 0.125 e. The SMILES string of the molecule is Cc1ccnc(Sc2ncnc3ccccc23)c1C(=N)N. The second kappa shape index (κ2) is 5.49. The largest absolute Gasteiger partial charge is 0.384 e. The topological polar surface area (TPSA) is 88.5 Å². The Morgan fingerprint density at radius 2 is 1.90 bits per heavy atom. The first-order chi connectivity index (χ1) is 10.2. The number of hydrogen-bond donors (Lipinski definition) is 2. The summed E-state index contributed by atoms with van der Waals surface area (Å²) < 4.78 is 0. The van der Waals surface area contributed by atoms with E-state index in [-0.39, 0.29) is 5.84 Å². The number of nitrogens with two attached hydrogens (primary N) is 1. The van der Waals surface area contributed by atoms with Gasteiger partial charge in [0.2, 0.25) is 0 Å². The fourth-order valence-corrected chi connectivity index (χ4v) is 3.14. The molecule has 0 saturated carbocycles. The molecule has 0 bridgehead atoms. The number of nitrogens with one attached hydrogen (secondary N) is 1. The molecule has 0 unspecified atom stereocenters. The number of hydrogen-bond acceptors (Lipinski definition) is 5. The number of rotatable bonds is 3. The molecule has 1 aromatic carbocycles. The first-order valence-corrected chi connectivity index (χ1v) is 7.16. The van der Waals surface area contributed by atoms with Crippen LogP contribution in [0, 0.1) is 12.3 Å². The fourth-order valence-electron chi connectivity index (χ4n) is 2.09. The number of pyridine rings is 1. The predicted molar refractivity (Wildman–Crippen MR) is 83.7 cm³/mol. The Morgan fingerprint density at radius 3 is 2.71 bits per heavy atom. The molecule has 0 atom stereocenters. The fraction of sp³-hybridized carbons (Fsp3) is 0.0667. The predicted octanol–water partition coefficient (Wildman–Crippen LogP) is 2.77. The van der Waals surface area contributed by atoms with Crippen LogP contribution in [-0.2, 0) is 0 Å². The van der Waals surface area contributed by atoms with Gasteiger partial charge in [0.25, 0.3) is 0 Å². The third kappa shape index (κ3) is 2.57. The Morgan fingerprint density at radius 1 is 1.10 bits per heavy atom. The lowest BCUT2D eigenvalue weighted by atomic mass is 10.1. The molecular formula is C15H13N5S. The zero-order valence-corrected chi connectivity index (χ0v) is 12.2. The number of benzene rings is 1. The van der Waals surface area contributed by atoms with Gasteiger partial charge in [-0.3, -0.25) is 5.41 Å². The summed E-state index contributed by atoms with van der Waals surface area (Å²) in [4.78, 5) is 12.9. The maximum absolute atomic E-state index is 7.74. The van der Waals surface area contributed by atoms with Gasteiger partial charge < -0.3 is 5.73 Å². The van der Waals surface area contributed by atoms with Gasteiger partial charge in [0.15, 0.2) is 0 Å². The summed E-state index contributed by atoms with van der Waals surface area (Å²) in [5, 5.41) is 10.2. The van der Waals surface area contributed by atoms with Gasteiger partial charge in [0.05, 0.1) is 11.1 Å². The van der Waals surface area contributed by atoms with Crippen LogP contribution in [0.3, 0.4) is 0 Å². The van der Waals surface area contributed by atoms with Gasteiger partial charge in [-0.15, -0.1) is 0 Å². The first-order valence-electron chi connectivity index (χ1n) is 6.34. The average Bonchev–Trinajstić information content (AvgIpc) is 2.47. The summed E-state index contributed by atoms with van der Waals surface area (Å²) in [6.07, 6.45) is 3.25. The zero-order chi connectivity index (χ0) is 14.8. The van der Waals surface area contributed by atoms with E-state index >= 15 is 0 Å². The minimum absolute atomic E-state index is 0.0152. The van der Waals surface area contributed by atoms with Crippen LogP contribution in [0.1, 0.15) is 11.1 Å². The van der Waals surface area contributed by atoms with Gasteiger partial charge in [-0.1, -0.05) is 18.2 Å². The van der Waals surface area contributed by atoms with Crippen molar-refractivity contribution in [3.63, 3.8) is 0 Å². The Hall–Kier alpha value is -2.47. The van der Waals surface area contributed by atoms with E-state index in [1.54, 1.807) is 6.20 Å². The molecule has 3 aromatic rings. The number of aromatic nitrogens is 3. The number of amidine groups is 1. The lowest BCUT2D eigenvalue weighted by Crippen LogP contribution is -2.15. The van der Waals surface area contributed by atoms with Crippen molar-refractivity contribution in [2.45, 2.75) is 17.0 Å². The van der Waals surface area contributed by atoms with Crippen molar-refractivity contribution in [1.29, 1.82) is 5.41 Å². The summed E-state index contributed by atoms with van der Waals surface area (Å²) in [6.45, 7) is 1.92. The molecule has 0 aliphatic rings. The summed E-state index contributed by atoms with van der Waals surface area (Å²) in [6, 6.07) is 9.65. The van der Waals surface area contributed by atoms with E-state index < -0.39 is 0 Å². The van der Waals surface area contributed by atoms with Crippen LogP contribution in [0.4, 0.5) is 0 Å². The van der Waals surface area contributed by atoms with Crippen molar-refractivity contribution < 1.29 is 0 Å². The molecule has 21 heavy (non-hydrogen) atoms. The molecule has 0 aliphatic heterocycles. The van der Waals surface area contributed by atoms with E-state index in [4.69, 9.17) is 11.1 Å². The van der Waals surface area contributed by atoms with E-state index in [0.717, 1.165) is 21.5 Å². The summed E-state index contributed by atoms with van der Waals surface area (Å²) in [7, 11) is 0. The van der Waals surface area contributed by atoms with E-state index in [9.17, 15) is 0 Å². The van der Waals surface area contributed by atoms with Gasteiger partial charge in [0.1, 0.15) is 22.2 Å². The molecule has 0 aliphatic carbocycles. The van der Waals surface area contributed by atoms with E-state index in [1.807, 2.05) is 37.3 Å². The van der Waals surface area contributed by atoms with Crippen molar-refractivity contribution in [3.05, 3.63) is 54.0 Å². The van der Waals surface area contributed by atoms with Crippen LogP contribution in [0.2, 0.25) is 0 Å². The minimum atomic E-state index is 0.0152. The van der Waals surface area contributed by atoms with Crippen molar-refractivity contribution in [2.24, 2.45) is 5.73 Å². The summed E-state index contributed by atoms with van der Waals surface area (Å²) in [5.41, 5.74) is 8.15. The highest BCUT2D eigenvalue weighted by Gasteiger charge is 2.13. The lowest BCUT2D eigenvalue weighted by molar-refractivity contribution is 1.06. The number of nitrogen functional groups attached to an aromatic ring is 1. The molecule has 0 amide bonds. The standard InChI is InChI=1S/C15H13N5S/c1-9-6-7-18-15(12(9)13(16)17)21-14-10-4-2-3-5-11(10)19-8-20-14/h2-8H,1H3,(H3,16,17). The molecule has 2 heterocycles. The van der Waals surface area contributed by atoms with Crippen molar-refractivity contribution in [2.75, 3.05) is 0 Å². The van der Waals surface area contributed by atoms with Gasteiger partial charge >= 0.3 is 0 Å². The summed E-state index contributed by atoms with van der Waals surface area (Å²) in [5.74, 6) is 0.0152. The van der Waals surface area contributed by atoms with Crippen LogP contribution >= 0.6 is 11.8 Å². The highest BCUT2D eigenvalue weighted by molar-refractivity contribution is 7.99. The number of para-hydroxylation sites is 1. The van der Waals surface area contributed by atoms with Crippen LogP contribution in [0.25, 0.3) is 10.9 Å². The molecule has 0 fully saturated rings. The van der Waals surface area contributed by atoms with E-state index in [2.05, 4.69) is 15.0 Å². The first kappa shape index (κ1) is 13.5. The molecule has 0 spiro atoms.